The van der Waals surface area contributed by atoms with Crippen molar-refractivity contribution >= 4 is 5.82 Å². The Morgan fingerprint density at radius 2 is 2.12 bits per heavy atom. The van der Waals surface area contributed by atoms with E-state index in [-0.39, 0.29) is 0 Å². The lowest BCUT2D eigenvalue weighted by molar-refractivity contribution is 0.264. The van der Waals surface area contributed by atoms with Crippen molar-refractivity contribution in [2.75, 3.05) is 38.0 Å². The third kappa shape index (κ3) is 4.22. The Morgan fingerprint density at radius 3 is 2.96 bits per heavy atom. The van der Waals surface area contributed by atoms with E-state index < -0.39 is 0 Å². The number of piperidine rings is 1. The van der Waals surface area contributed by atoms with E-state index >= 15 is 0 Å². The summed E-state index contributed by atoms with van der Waals surface area (Å²) in [4.78, 5) is 11.8. The third-order valence-corrected chi connectivity index (χ3v) is 5.52. The maximum Gasteiger partial charge on any atom is 0.129 e. The van der Waals surface area contributed by atoms with Gasteiger partial charge in [0.05, 0.1) is 5.69 Å². The molecule has 0 radical (unpaired) electrons. The van der Waals surface area contributed by atoms with E-state index in [4.69, 9.17) is 0 Å². The number of hydrogen-bond donors (Lipinski definition) is 2. The lowest BCUT2D eigenvalue weighted by atomic mass is 9.96. The first-order chi connectivity index (χ1) is 12.8. The normalized spacial score (nSPS) is 20.6. The second-order valence-corrected chi connectivity index (χ2v) is 7.49. The van der Waals surface area contributed by atoms with Crippen molar-refractivity contribution in [3.05, 3.63) is 53.0 Å². The van der Waals surface area contributed by atoms with Gasteiger partial charge in [-0.3, -0.25) is 4.90 Å². The van der Waals surface area contributed by atoms with Crippen molar-refractivity contribution in [1.29, 1.82) is 0 Å². The molecular formula is C21H29N5. The molecule has 138 valence electrons. The molecule has 3 heterocycles. The van der Waals surface area contributed by atoms with Gasteiger partial charge >= 0.3 is 0 Å². The summed E-state index contributed by atoms with van der Waals surface area (Å²) in [6, 6.07) is 11.0. The fourth-order valence-electron chi connectivity index (χ4n) is 4.08. The van der Waals surface area contributed by atoms with Crippen LogP contribution in [0.15, 0.2) is 30.3 Å². The first-order valence-corrected chi connectivity index (χ1v) is 9.87. The van der Waals surface area contributed by atoms with Crippen LogP contribution in [0.2, 0.25) is 0 Å². The fourth-order valence-corrected chi connectivity index (χ4v) is 4.08. The Labute approximate surface area is 156 Å². The van der Waals surface area contributed by atoms with Crippen LogP contribution in [0.1, 0.15) is 41.4 Å². The van der Waals surface area contributed by atoms with Crippen molar-refractivity contribution in [3.63, 3.8) is 0 Å². The van der Waals surface area contributed by atoms with Crippen LogP contribution in [0.4, 0.5) is 5.82 Å². The molecule has 0 aliphatic carbocycles. The quantitative estimate of drug-likeness (QED) is 0.867. The van der Waals surface area contributed by atoms with Crippen molar-refractivity contribution in [3.8, 4) is 0 Å². The van der Waals surface area contributed by atoms with Gasteiger partial charge in [0, 0.05) is 44.7 Å². The summed E-state index contributed by atoms with van der Waals surface area (Å²) in [6.45, 7) is 8.30. The van der Waals surface area contributed by atoms with Crippen LogP contribution in [0.3, 0.4) is 0 Å². The van der Waals surface area contributed by atoms with Crippen molar-refractivity contribution in [1.82, 2.24) is 20.2 Å². The zero-order valence-electron chi connectivity index (χ0n) is 15.7. The number of rotatable bonds is 5. The van der Waals surface area contributed by atoms with Gasteiger partial charge < -0.3 is 10.6 Å². The third-order valence-electron chi connectivity index (χ3n) is 5.52. The summed E-state index contributed by atoms with van der Waals surface area (Å²) in [5.41, 5.74) is 4.16. The molecule has 1 aromatic heterocycles. The van der Waals surface area contributed by atoms with Gasteiger partial charge in [-0.2, -0.15) is 0 Å². The van der Waals surface area contributed by atoms with Crippen molar-refractivity contribution < 1.29 is 0 Å². The molecule has 1 aromatic carbocycles. The van der Waals surface area contributed by atoms with Gasteiger partial charge in [-0.05, 0) is 43.9 Å². The number of hydrogen-bond acceptors (Lipinski definition) is 5. The van der Waals surface area contributed by atoms with Crippen LogP contribution < -0.4 is 10.6 Å². The van der Waals surface area contributed by atoms with Gasteiger partial charge in [-0.25, -0.2) is 9.97 Å². The van der Waals surface area contributed by atoms with Gasteiger partial charge in [-0.15, -0.1) is 0 Å². The summed E-state index contributed by atoms with van der Waals surface area (Å²) in [7, 11) is 0. The van der Waals surface area contributed by atoms with E-state index in [1.807, 2.05) is 6.92 Å². The molecule has 1 saturated heterocycles. The first-order valence-electron chi connectivity index (χ1n) is 9.87. The Balaban J connectivity index is 1.33. The summed E-state index contributed by atoms with van der Waals surface area (Å²) in [5, 5.41) is 7.00. The predicted molar refractivity (Wildman–Crippen MR) is 106 cm³/mol. The smallest absolute Gasteiger partial charge is 0.129 e. The Hall–Kier alpha value is -1.98. The van der Waals surface area contributed by atoms with Crippen LogP contribution in [0, 0.1) is 6.92 Å². The highest BCUT2D eigenvalue weighted by molar-refractivity contribution is 5.37. The van der Waals surface area contributed by atoms with E-state index in [1.54, 1.807) is 0 Å². The summed E-state index contributed by atoms with van der Waals surface area (Å²) in [5.74, 6) is 2.35. The standard InChI is InChI=1S/C21H29N5/c1-16-24-20(18-7-4-9-22-14-18)13-21(25-16)23-10-12-26-11-8-17-5-2-3-6-19(17)15-26/h2-3,5-6,13,18,22H,4,7-12,14-15H2,1H3,(H,23,24,25). The molecule has 2 aliphatic rings. The molecule has 2 N–H and O–H groups in total. The lowest BCUT2D eigenvalue weighted by Crippen LogP contribution is -2.34. The van der Waals surface area contributed by atoms with E-state index in [0.717, 1.165) is 57.3 Å². The molecule has 1 atom stereocenters. The van der Waals surface area contributed by atoms with E-state index in [2.05, 4.69) is 55.8 Å². The molecule has 0 spiro atoms. The van der Waals surface area contributed by atoms with Crippen LogP contribution in [0.5, 0.6) is 0 Å². The topological polar surface area (TPSA) is 53.1 Å². The molecule has 0 bridgehead atoms. The van der Waals surface area contributed by atoms with Crippen molar-refractivity contribution in [2.24, 2.45) is 0 Å². The van der Waals surface area contributed by atoms with Gasteiger partial charge in [0.2, 0.25) is 0 Å². The molecule has 0 saturated carbocycles. The molecule has 1 fully saturated rings. The van der Waals surface area contributed by atoms with Gasteiger partial charge in [0.15, 0.2) is 0 Å². The highest BCUT2D eigenvalue weighted by atomic mass is 15.1. The highest BCUT2D eigenvalue weighted by Gasteiger charge is 2.18. The van der Waals surface area contributed by atoms with Crippen LogP contribution >= 0.6 is 0 Å². The van der Waals surface area contributed by atoms with E-state index in [0.29, 0.717) is 5.92 Å². The Bertz CT molecular complexity index is 739. The van der Waals surface area contributed by atoms with Gasteiger partial charge in [0.1, 0.15) is 11.6 Å². The summed E-state index contributed by atoms with van der Waals surface area (Å²) in [6.07, 6.45) is 3.60. The average molecular weight is 351 g/mol. The van der Waals surface area contributed by atoms with Gasteiger partial charge in [0.25, 0.3) is 0 Å². The second-order valence-electron chi connectivity index (χ2n) is 7.49. The molecule has 5 nitrogen and oxygen atoms in total. The van der Waals surface area contributed by atoms with Crippen LogP contribution in [-0.2, 0) is 13.0 Å². The molecule has 5 heteroatoms. The summed E-state index contributed by atoms with van der Waals surface area (Å²) < 4.78 is 0. The van der Waals surface area contributed by atoms with Crippen LogP contribution in [0.25, 0.3) is 0 Å². The SMILES string of the molecule is Cc1nc(NCCN2CCc3ccccc3C2)cc(C2CCCNC2)n1. The number of fused-ring (bicyclic) bond motifs is 1. The Morgan fingerprint density at radius 1 is 1.23 bits per heavy atom. The lowest BCUT2D eigenvalue weighted by Gasteiger charge is -2.28. The molecular weight excluding hydrogens is 322 g/mol. The number of anilines is 1. The van der Waals surface area contributed by atoms with E-state index in [1.165, 1.54) is 29.7 Å². The largest absolute Gasteiger partial charge is 0.369 e. The molecule has 1 unspecified atom stereocenters. The molecule has 2 aromatic rings. The zero-order chi connectivity index (χ0) is 17.8. The minimum absolute atomic E-state index is 0.518. The second kappa shape index (κ2) is 8.14. The number of nitrogens with one attached hydrogen (secondary N) is 2. The summed E-state index contributed by atoms with van der Waals surface area (Å²) >= 11 is 0. The Kier molecular flexibility index (Phi) is 5.46. The minimum atomic E-state index is 0.518. The minimum Gasteiger partial charge on any atom is -0.369 e. The maximum absolute atomic E-state index is 4.68. The fraction of sp³-hybridized carbons (Fsp3) is 0.524. The molecule has 26 heavy (non-hydrogen) atoms. The zero-order valence-corrected chi connectivity index (χ0v) is 15.7. The predicted octanol–water partition coefficient (Wildman–Crippen LogP) is 2.72. The van der Waals surface area contributed by atoms with E-state index in [9.17, 15) is 0 Å². The monoisotopic (exact) mass is 351 g/mol. The highest BCUT2D eigenvalue weighted by Crippen LogP contribution is 2.23. The first kappa shape index (κ1) is 17.4. The number of nitrogens with zero attached hydrogens (tertiary/aromatic N) is 3. The van der Waals surface area contributed by atoms with Gasteiger partial charge in [-0.1, -0.05) is 24.3 Å². The number of aryl methyl sites for hydroxylation is 1. The molecule has 2 aliphatic heterocycles. The van der Waals surface area contributed by atoms with Crippen LogP contribution in [-0.4, -0.2) is 47.6 Å². The molecule has 0 amide bonds. The van der Waals surface area contributed by atoms with Crippen molar-refractivity contribution in [2.45, 2.75) is 38.6 Å². The molecule has 4 rings (SSSR count). The maximum atomic E-state index is 4.68. The average Bonchev–Trinajstić information content (AvgIpc) is 2.68. The number of aromatic nitrogens is 2. The number of benzene rings is 1.